The van der Waals surface area contributed by atoms with Crippen molar-refractivity contribution in [1.82, 2.24) is 0 Å². The molecule has 0 rings (SSSR count). The van der Waals surface area contributed by atoms with Crippen LogP contribution in [0.15, 0.2) is 72.9 Å². The summed E-state index contributed by atoms with van der Waals surface area (Å²) in [5.41, 5.74) is 0. The van der Waals surface area contributed by atoms with Gasteiger partial charge in [-0.05, 0) is 51.4 Å². The molecular weight excluding hydrogens is 725 g/mol. The maximum absolute atomic E-state index is 12.6. The predicted molar refractivity (Wildman–Crippen MR) is 233 cm³/mol. The van der Waals surface area contributed by atoms with Gasteiger partial charge in [0.25, 0.3) is 0 Å². The van der Waals surface area contributed by atoms with Crippen molar-refractivity contribution in [3.63, 3.8) is 0 Å². The topological polar surface area (TPSA) is 108 Å². The highest BCUT2D eigenvalue weighted by Crippen LogP contribution is 2.43. The third kappa shape index (κ3) is 41.1. The minimum Gasteiger partial charge on any atom is -0.462 e. The molecule has 0 aromatic heterocycles. The maximum Gasteiger partial charge on any atom is 0.472 e. The summed E-state index contributed by atoms with van der Waals surface area (Å²) in [4.78, 5) is 35.3. The minimum atomic E-state index is -4.40. The minimum absolute atomic E-state index is 0.0157. The first-order valence-corrected chi connectivity index (χ1v) is 23.2. The van der Waals surface area contributed by atoms with Crippen molar-refractivity contribution in [2.24, 2.45) is 0 Å². The zero-order chi connectivity index (χ0) is 41.4. The molecule has 0 bridgehead atoms. The second-order valence-corrected chi connectivity index (χ2v) is 16.8. The molecule has 0 aromatic rings. The zero-order valence-electron chi connectivity index (χ0n) is 36.1. The molecule has 2 atom stereocenters. The van der Waals surface area contributed by atoms with Gasteiger partial charge in [0, 0.05) is 12.8 Å². The van der Waals surface area contributed by atoms with Crippen molar-refractivity contribution in [3.05, 3.63) is 72.9 Å². The Bertz CT molecular complexity index is 1180. The fourth-order valence-electron chi connectivity index (χ4n) is 5.39. The summed E-state index contributed by atoms with van der Waals surface area (Å²) in [7, 11) is 1.42. The number of hydrogen-bond donors (Lipinski definition) is 1. The second kappa shape index (κ2) is 38.0. The van der Waals surface area contributed by atoms with Gasteiger partial charge >= 0.3 is 19.8 Å². The molecule has 0 aliphatic rings. The summed E-state index contributed by atoms with van der Waals surface area (Å²) in [6.45, 7) is 4.20. The Labute approximate surface area is 342 Å². The van der Waals surface area contributed by atoms with Crippen molar-refractivity contribution in [2.45, 2.75) is 161 Å². The number of carbonyl (C=O) groups is 2. The fraction of sp³-hybridized carbons (Fsp3) is 0.696. The first kappa shape index (κ1) is 53.5. The van der Waals surface area contributed by atoms with Gasteiger partial charge in [-0.1, -0.05) is 164 Å². The van der Waals surface area contributed by atoms with Crippen LogP contribution in [0, 0.1) is 0 Å². The smallest absolute Gasteiger partial charge is 0.462 e. The Morgan fingerprint density at radius 3 is 1.48 bits per heavy atom. The molecule has 0 saturated heterocycles. The molecule has 0 saturated carbocycles. The number of unbranched alkanes of at least 4 members (excludes halogenated alkanes) is 12. The van der Waals surface area contributed by atoms with Crippen molar-refractivity contribution in [2.75, 3.05) is 47.5 Å². The van der Waals surface area contributed by atoms with E-state index in [1.54, 1.807) is 0 Å². The highest BCUT2D eigenvalue weighted by molar-refractivity contribution is 7.47. The molecule has 1 N–H and O–H groups in total. The van der Waals surface area contributed by atoms with Crippen LogP contribution in [0.3, 0.4) is 0 Å². The van der Waals surface area contributed by atoms with Crippen LogP contribution in [-0.4, -0.2) is 74.9 Å². The number of esters is 2. The Balaban J connectivity index is 4.51. The molecule has 56 heavy (non-hydrogen) atoms. The fourth-order valence-corrected chi connectivity index (χ4v) is 6.13. The number of rotatable bonds is 38. The lowest BCUT2D eigenvalue weighted by Gasteiger charge is -2.24. The molecule has 0 radical (unpaired) electrons. The summed E-state index contributed by atoms with van der Waals surface area (Å²) in [5.74, 6) is -0.900. The highest BCUT2D eigenvalue weighted by Gasteiger charge is 2.27. The van der Waals surface area contributed by atoms with E-state index < -0.39 is 32.5 Å². The van der Waals surface area contributed by atoms with Crippen LogP contribution >= 0.6 is 7.82 Å². The lowest BCUT2D eigenvalue weighted by atomic mass is 10.0. The molecule has 1 unspecified atom stereocenters. The van der Waals surface area contributed by atoms with Crippen LogP contribution in [0.5, 0.6) is 0 Å². The lowest BCUT2D eigenvalue weighted by Crippen LogP contribution is -2.37. The summed E-state index contributed by atoms with van der Waals surface area (Å²) < 4.78 is 34.2. The van der Waals surface area contributed by atoms with Crippen molar-refractivity contribution >= 4 is 19.8 Å². The van der Waals surface area contributed by atoms with Crippen LogP contribution in [0.1, 0.15) is 155 Å². The molecule has 0 aliphatic heterocycles. The van der Waals surface area contributed by atoms with Gasteiger partial charge in [0.1, 0.15) is 19.8 Å². The molecule has 0 fully saturated rings. The summed E-state index contributed by atoms with van der Waals surface area (Å²) in [6.07, 6.45) is 46.8. The number of phosphoric acid groups is 1. The molecule has 0 aliphatic carbocycles. The average Bonchev–Trinajstić information content (AvgIpc) is 3.15. The van der Waals surface area contributed by atoms with E-state index in [0.717, 1.165) is 57.8 Å². The molecule has 0 heterocycles. The van der Waals surface area contributed by atoms with E-state index in [1.165, 1.54) is 64.2 Å². The molecule has 0 aromatic carbocycles. The van der Waals surface area contributed by atoms with Crippen LogP contribution in [0.4, 0.5) is 0 Å². The van der Waals surface area contributed by atoms with Crippen LogP contribution < -0.4 is 0 Å². The van der Waals surface area contributed by atoms with E-state index in [1.807, 2.05) is 33.3 Å². The van der Waals surface area contributed by atoms with Gasteiger partial charge in [-0.25, -0.2) is 4.57 Å². The number of hydrogen-bond acceptors (Lipinski definition) is 7. The molecular formula is C46H81NO8P+. The van der Waals surface area contributed by atoms with E-state index >= 15 is 0 Å². The number of likely N-dealkylation sites (N-methyl/N-ethyl adjacent to an activating group) is 1. The Morgan fingerprint density at radius 1 is 0.571 bits per heavy atom. The van der Waals surface area contributed by atoms with E-state index in [9.17, 15) is 19.0 Å². The predicted octanol–water partition coefficient (Wildman–Crippen LogP) is 12.2. The van der Waals surface area contributed by atoms with Gasteiger partial charge in [-0.15, -0.1) is 0 Å². The van der Waals surface area contributed by atoms with Gasteiger partial charge in [0.15, 0.2) is 6.10 Å². The van der Waals surface area contributed by atoms with Gasteiger partial charge in [0.2, 0.25) is 0 Å². The molecule has 9 nitrogen and oxygen atoms in total. The van der Waals surface area contributed by atoms with Gasteiger partial charge < -0.3 is 18.9 Å². The van der Waals surface area contributed by atoms with E-state index in [-0.39, 0.29) is 26.1 Å². The average molecular weight is 807 g/mol. The third-order valence-corrected chi connectivity index (χ3v) is 9.75. The quantitative estimate of drug-likeness (QED) is 0.0216. The van der Waals surface area contributed by atoms with Crippen LogP contribution in [0.25, 0.3) is 0 Å². The van der Waals surface area contributed by atoms with Crippen molar-refractivity contribution < 1.29 is 42.1 Å². The van der Waals surface area contributed by atoms with Crippen LogP contribution in [0.2, 0.25) is 0 Å². The molecule has 0 spiro atoms. The number of nitrogens with zero attached hydrogens (tertiary/aromatic N) is 1. The first-order chi connectivity index (χ1) is 27.0. The second-order valence-electron chi connectivity index (χ2n) is 15.4. The third-order valence-electron chi connectivity index (χ3n) is 8.76. The SMILES string of the molecule is CC/C=C\C/C=C\C/C=C\C/C=C\C/C=C\C/C=C\CCC(=O)O[C@H](COC(=O)CCCCCCCCCCCCCCC)COP(=O)(O)OCC[N+](C)(C)C. The normalized spacial score (nSPS) is 14.3. The number of carbonyl (C=O) groups excluding carboxylic acids is 2. The number of phosphoric ester groups is 1. The van der Waals surface area contributed by atoms with E-state index in [0.29, 0.717) is 17.4 Å². The summed E-state index contributed by atoms with van der Waals surface area (Å²) in [6, 6.07) is 0. The summed E-state index contributed by atoms with van der Waals surface area (Å²) in [5, 5.41) is 0. The van der Waals surface area contributed by atoms with Gasteiger partial charge in [-0.3, -0.25) is 18.6 Å². The zero-order valence-corrected chi connectivity index (χ0v) is 37.0. The molecule has 0 amide bonds. The maximum atomic E-state index is 12.6. The van der Waals surface area contributed by atoms with Gasteiger partial charge in [0.05, 0.1) is 27.7 Å². The number of ether oxygens (including phenoxy) is 2. The standard InChI is InChI=1S/C46H80NO8P/c1-6-8-10-12-14-16-18-20-21-22-23-24-25-27-29-31-33-35-37-39-46(49)55-44(43-54-56(50,51)53-41-40-47(3,4)5)42-52-45(48)38-36-34-32-30-28-26-19-17-15-13-11-9-7-2/h8,10,14,16,20-21,23-24,27,29,33,35,44H,6-7,9,11-13,15,17-19,22,25-26,28,30-32,34,36-43H2,1-5H3/p+1/b10-8-,16-14-,21-20-,24-23-,29-27-,35-33-/t44-/m1/s1. The van der Waals surface area contributed by atoms with E-state index in [4.69, 9.17) is 18.5 Å². The van der Waals surface area contributed by atoms with Crippen LogP contribution in [-0.2, 0) is 32.7 Å². The van der Waals surface area contributed by atoms with Crippen molar-refractivity contribution in [1.29, 1.82) is 0 Å². The highest BCUT2D eigenvalue weighted by atomic mass is 31.2. The largest absolute Gasteiger partial charge is 0.472 e. The summed E-state index contributed by atoms with van der Waals surface area (Å²) >= 11 is 0. The van der Waals surface area contributed by atoms with Crippen molar-refractivity contribution in [3.8, 4) is 0 Å². The molecule has 322 valence electrons. The van der Waals surface area contributed by atoms with Gasteiger partial charge in [-0.2, -0.15) is 0 Å². The Morgan fingerprint density at radius 2 is 1.02 bits per heavy atom. The monoisotopic (exact) mass is 807 g/mol. The van der Waals surface area contributed by atoms with E-state index in [2.05, 4.69) is 74.6 Å². The lowest BCUT2D eigenvalue weighted by molar-refractivity contribution is -0.870. The molecule has 10 heteroatoms. The first-order valence-electron chi connectivity index (χ1n) is 21.7. The number of allylic oxidation sites excluding steroid dienone is 12. The Hall–Kier alpha value is -2.55. The number of quaternary nitrogens is 1. The Kier molecular flexibility index (Phi) is 36.3.